The fourth-order valence-corrected chi connectivity index (χ4v) is 2.58. The molecule has 3 N–H and O–H groups in total. The molecule has 0 radical (unpaired) electrons. The predicted octanol–water partition coefficient (Wildman–Crippen LogP) is 4.45. The molecule has 0 amide bonds. The summed E-state index contributed by atoms with van der Waals surface area (Å²) in [6.07, 6.45) is 0. The first-order valence-electron chi connectivity index (χ1n) is 7.16. The number of aromatic amines is 1. The first kappa shape index (κ1) is 13.4. The van der Waals surface area contributed by atoms with E-state index in [0.717, 1.165) is 11.3 Å². The highest BCUT2D eigenvalue weighted by molar-refractivity contribution is 5.75. The van der Waals surface area contributed by atoms with Crippen LogP contribution in [-0.4, -0.2) is 10.2 Å². The second kappa shape index (κ2) is 5.44. The van der Waals surface area contributed by atoms with Crippen LogP contribution in [0.3, 0.4) is 0 Å². The van der Waals surface area contributed by atoms with Gasteiger partial charge in [-0.15, -0.1) is 0 Å². The molecule has 0 saturated carbocycles. The van der Waals surface area contributed by atoms with Gasteiger partial charge < -0.3 is 5.73 Å². The minimum Gasteiger partial charge on any atom is -0.382 e. The molecule has 3 rings (SSSR count). The van der Waals surface area contributed by atoms with Gasteiger partial charge in [-0.2, -0.15) is 5.10 Å². The number of nitrogens with zero attached hydrogens (tertiary/aromatic N) is 1. The number of nitrogen functional groups attached to an aromatic ring is 1. The van der Waals surface area contributed by atoms with E-state index in [1.807, 2.05) is 12.1 Å². The number of anilines is 1. The summed E-state index contributed by atoms with van der Waals surface area (Å²) in [5, 5.41) is 6.98. The Balaban J connectivity index is 2.15. The summed E-state index contributed by atoms with van der Waals surface area (Å²) in [6.45, 7) is 4.44. The number of nitrogens with two attached hydrogens (primary N) is 1. The normalized spacial score (nSPS) is 11.0. The number of H-pyrrole nitrogens is 1. The Morgan fingerprint density at radius 1 is 0.952 bits per heavy atom. The minimum absolute atomic E-state index is 0.473. The van der Waals surface area contributed by atoms with Gasteiger partial charge in [0.2, 0.25) is 0 Å². The van der Waals surface area contributed by atoms with E-state index in [1.54, 1.807) is 0 Å². The molecule has 3 nitrogen and oxygen atoms in total. The molecule has 0 saturated heterocycles. The summed E-state index contributed by atoms with van der Waals surface area (Å²) in [6, 6.07) is 18.8. The summed E-state index contributed by atoms with van der Waals surface area (Å²) in [5.41, 5.74) is 11.6. The van der Waals surface area contributed by atoms with Gasteiger partial charge in [0.25, 0.3) is 0 Å². The maximum absolute atomic E-state index is 5.70. The van der Waals surface area contributed by atoms with Crippen LogP contribution in [0.15, 0.2) is 54.6 Å². The van der Waals surface area contributed by atoms with Gasteiger partial charge in [0, 0.05) is 11.6 Å². The monoisotopic (exact) mass is 277 g/mol. The maximum Gasteiger partial charge on any atom is 0.145 e. The fraction of sp³-hybridized carbons (Fsp3) is 0.167. The molecule has 1 heterocycles. The molecule has 106 valence electrons. The van der Waals surface area contributed by atoms with Gasteiger partial charge in [-0.1, -0.05) is 56.3 Å². The lowest BCUT2D eigenvalue weighted by molar-refractivity contribution is 0.869. The Hall–Kier alpha value is -2.55. The van der Waals surface area contributed by atoms with Gasteiger partial charge in [0.1, 0.15) is 5.82 Å². The highest BCUT2D eigenvalue weighted by Gasteiger charge is 2.11. The van der Waals surface area contributed by atoms with Crippen molar-refractivity contribution in [2.24, 2.45) is 0 Å². The Bertz CT molecular complexity index is 742. The van der Waals surface area contributed by atoms with Gasteiger partial charge in [-0.25, -0.2) is 0 Å². The molecule has 0 aliphatic carbocycles. The maximum atomic E-state index is 5.70. The quantitative estimate of drug-likeness (QED) is 0.743. The van der Waals surface area contributed by atoms with Crippen molar-refractivity contribution in [2.75, 3.05) is 5.73 Å². The molecular weight excluding hydrogens is 258 g/mol. The van der Waals surface area contributed by atoms with Crippen LogP contribution >= 0.6 is 0 Å². The molecule has 0 fully saturated rings. The van der Waals surface area contributed by atoms with Crippen LogP contribution in [0.5, 0.6) is 0 Å². The van der Waals surface area contributed by atoms with Crippen LogP contribution < -0.4 is 5.73 Å². The largest absolute Gasteiger partial charge is 0.382 e. The molecule has 0 unspecified atom stereocenters. The van der Waals surface area contributed by atoms with Crippen molar-refractivity contribution >= 4 is 5.82 Å². The highest BCUT2D eigenvalue weighted by Crippen LogP contribution is 2.33. The molecular formula is C18H19N3. The van der Waals surface area contributed by atoms with Crippen molar-refractivity contribution in [3.8, 4) is 22.4 Å². The predicted molar refractivity (Wildman–Crippen MR) is 88.0 cm³/mol. The average molecular weight is 277 g/mol. The first-order valence-corrected chi connectivity index (χ1v) is 7.16. The summed E-state index contributed by atoms with van der Waals surface area (Å²) < 4.78 is 0. The number of hydrogen-bond donors (Lipinski definition) is 2. The zero-order valence-electron chi connectivity index (χ0n) is 12.3. The van der Waals surface area contributed by atoms with Gasteiger partial charge in [-0.3, -0.25) is 5.10 Å². The van der Waals surface area contributed by atoms with Gasteiger partial charge in [0.15, 0.2) is 0 Å². The molecule has 2 aromatic carbocycles. The zero-order valence-corrected chi connectivity index (χ0v) is 12.3. The molecule has 0 atom stereocenters. The van der Waals surface area contributed by atoms with Crippen molar-refractivity contribution in [3.05, 3.63) is 60.2 Å². The summed E-state index contributed by atoms with van der Waals surface area (Å²) in [5.74, 6) is 0.986. The minimum atomic E-state index is 0.473. The van der Waals surface area contributed by atoms with Crippen LogP contribution in [0, 0.1) is 0 Å². The van der Waals surface area contributed by atoms with Gasteiger partial charge >= 0.3 is 0 Å². The third-order valence-corrected chi connectivity index (χ3v) is 3.67. The van der Waals surface area contributed by atoms with Crippen LogP contribution in [0.2, 0.25) is 0 Å². The fourth-order valence-electron chi connectivity index (χ4n) is 2.58. The van der Waals surface area contributed by atoms with E-state index in [-0.39, 0.29) is 0 Å². The molecule has 3 aromatic rings. The SMILES string of the molecule is CC(C)c1ccc(-c2cc(N)n[nH]2)cc1-c1ccccc1. The third kappa shape index (κ3) is 2.68. The Morgan fingerprint density at radius 3 is 2.33 bits per heavy atom. The standard InChI is InChI=1S/C18H19N3/c1-12(2)15-9-8-14(17-11-18(19)21-20-17)10-16(15)13-6-4-3-5-7-13/h3-12H,1-2H3,(H3,19,20,21). The van der Waals surface area contributed by atoms with E-state index in [9.17, 15) is 0 Å². The molecule has 0 aliphatic rings. The average Bonchev–Trinajstić information content (AvgIpc) is 2.94. The molecule has 3 heteroatoms. The lowest BCUT2D eigenvalue weighted by atomic mass is 9.90. The number of benzene rings is 2. The Morgan fingerprint density at radius 2 is 1.71 bits per heavy atom. The van der Waals surface area contributed by atoms with E-state index >= 15 is 0 Å². The molecule has 0 bridgehead atoms. The van der Waals surface area contributed by atoms with Gasteiger partial charge in [0.05, 0.1) is 5.69 Å². The van der Waals surface area contributed by atoms with E-state index in [2.05, 4.69) is 66.5 Å². The number of rotatable bonds is 3. The first-order chi connectivity index (χ1) is 10.1. The molecule has 21 heavy (non-hydrogen) atoms. The van der Waals surface area contributed by atoms with Gasteiger partial charge in [-0.05, 0) is 28.7 Å². The smallest absolute Gasteiger partial charge is 0.145 e. The van der Waals surface area contributed by atoms with E-state index in [0.29, 0.717) is 11.7 Å². The Labute approximate surface area is 124 Å². The van der Waals surface area contributed by atoms with Crippen molar-refractivity contribution in [1.82, 2.24) is 10.2 Å². The second-order valence-corrected chi connectivity index (χ2v) is 5.53. The topological polar surface area (TPSA) is 54.7 Å². The van der Waals surface area contributed by atoms with Crippen LogP contribution in [-0.2, 0) is 0 Å². The van der Waals surface area contributed by atoms with E-state index < -0.39 is 0 Å². The number of hydrogen-bond acceptors (Lipinski definition) is 2. The highest BCUT2D eigenvalue weighted by atomic mass is 15.2. The zero-order chi connectivity index (χ0) is 14.8. The molecule has 0 spiro atoms. The number of aromatic nitrogens is 2. The van der Waals surface area contributed by atoms with Crippen molar-refractivity contribution in [2.45, 2.75) is 19.8 Å². The molecule has 1 aromatic heterocycles. The van der Waals surface area contributed by atoms with Crippen LogP contribution in [0.4, 0.5) is 5.82 Å². The lowest BCUT2D eigenvalue weighted by Gasteiger charge is -2.14. The summed E-state index contributed by atoms with van der Waals surface area (Å²) in [7, 11) is 0. The van der Waals surface area contributed by atoms with Crippen molar-refractivity contribution in [1.29, 1.82) is 0 Å². The third-order valence-electron chi connectivity index (χ3n) is 3.67. The summed E-state index contributed by atoms with van der Waals surface area (Å²) >= 11 is 0. The second-order valence-electron chi connectivity index (χ2n) is 5.53. The van der Waals surface area contributed by atoms with E-state index in [1.165, 1.54) is 16.7 Å². The molecule has 0 aliphatic heterocycles. The lowest BCUT2D eigenvalue weighted by Crippen LogP contribution is -1.93. The van der Waals surface area contributed by atoms with Crippen LogP contribution in [0.1, 0.15) is 25.3 Å². The van der Waals surface area contributed by atoms with Crippen molar-refractivity contribution < 1.29 is 0 Å². The Kier molecular flexibility index (Phi) is 3.48. The summed E-state index contributed by atoms with van der Waals surface area (Å²) in [4.78, 5) is 0. The number of nitrogens with one attached hydrogen (secondary N) is 1. The van der Waals surface area contributed by atoms with Crippen LogP contribution in [0.25, 0.3) is 22.4 Å². The van der Waals surface area contributed by atoms with Crippen molar-refractivity contribution in [3.63, 3.8) is 0 Å². The van der Waals surface area contributed by atoms with E-state index in [4.69, 9.17) is 5.73 Å².